The minimum Gasteiger partial charge on any atom is -0.483 e. The zero-order valence-electron chi connectivity index (χ0n) is 11.2. The van der Waals surface area contributed by atoms with Crippen molar-refractivity contribution in [3.8, 4) is 5.75 Å². The second-order valence-corrected chi connectivity index (χ2v) is 4.10. The fourth-order valence-electron chi connectivity index (χ4n) is 1.58. The summed E-state index contributed by atoms with van der Waals surface area (Å²) in [4.78, 5) is 15.9. The summed E-state index contributed by atoms with van der Waals surface area (Å²) in [6.45, 7) is 1.56. The van der Waals surface area contributed by atoms with E-state index in [1.165, 1.54) is 6.39 Å². The number of nitrogens with two attached hydrogens (primary N) is 1. The number of nitrogens with zero attached hydrogens (tertiary/aromatic N) is 2. The largest absolute Gasteiger partial charge is 0.483 e. The Hall–Kier alpha value is -3.03. The van der Waals surface area contributed by atoms with Gasteiger partial charge in [-0.1, -0.05) is 17.3 Å². The first-order valence-corrected chi connectivity index (χ1v) is 6.01. The molecule has 2 rings (SSSR count). The number of nitrogens with one attached hydrogen (secondary N) is 1. The Kier molecular flexibility index (Phi) is 4.39. The Bertz CT molecular complexity index is 666. The van der Waals surface area contributed by atoms with Crippen LogP contribution in [-0.2, 0) is 0 Å². The topological polar surface area (TPSA) is 123 Å². The Morgan fingerprint density at radius 3 is 2.95 bits per heavy atom. The van der Waals surface area contributed by atoms with Crippen LogP contribution in [0, 0.1) is 6.92 Å². The van der Waals surface area contributed by atoms with Crippen LogP contribution in [0.15, 0.2) is 40.2 Å². The second-order valence-electron chi connectivity index (χ2n) is 4.10. The number of carbonyl (C=O) groups is 1. The Morgan fingerprint density at radius 1 is 1.52 bits per heavy atom. The van der Waals surface area contributed by atoms with Gasteiger partial charge in [-0.15, -0.1) is 0 Å². The first kappa shape index (κ1) is 14.4. The second kappa shape index (κ2) is 6.42. The number of aromatic nitrogens is 1. The lowest BCUT2D eigenvalue weighted by Crippen LogP contribution is -2.21. The molecule has 0 bridgehead atoms. The quantitative estimate of drug-likeness (QED) is 0.330. The van der Waals surface area contributed by atoms with E-state index in [2.05, 4.69) is 15.5 Å². The van der Waals surface area contributed by atoms with Crippen molar-refractivity contribution in [1.29, 1.82) is 0 Å². The molecule has 8 nitrogen and oxygen atoms in total. The lowest BCUT2D eigenvalue weighted by Gasteiger charge is -2.11. The molecule has 0 spiro atoms. The number of oxazole rings is 1. The number of hydrogen-bond donors (Lipinski definition) is 3. The number of oxime groups is 1. The van der Waals surface area contributed by atoms with Crippen LogP contribution in [0.5, 0.6) is 5.75 Å². The molecular formula is C13H14N4O4. The van der Waals surface area contributed by atoms with E-state index in [-0.39, 0.29) is 18.2 Å². The third kappa shape index (κ3) is 3.50. The van der Waals surface area contributed by atoms with Gasteiger partial charge in [0.25, 0.3) is 5.91 Å². The minimum atomic E-state index is -0.440. The summed E-state index contributed by atoms with van der Waals surface area (Å²) in [5, 5.41) is 13.9. The highest BCUT2D eigenvalue weighted by Crippen LogP contribution is 2.24. The standard InChI is InChI=1S/C13H14N4O4/c1-8-12(21-7-15-8)13(18)16-9-4-2-3-5-10(9)20-6-11(14)17-19/h2-5,7,19H,6H2,1H3,(H2,14,17)(H,16,18). The molecule has 0 aliphatic heterocycles. The van der Waals surface area contributed by atoms with E-state index in [4.69, 9.17) is 20.1 Å². The lowest BCUT2D eigenvalue weighted by molar-refractivity contribution is 0.0995. The minimum absolute atomic E-state index is 0.0813. The van der Waals surface area contributed by atoms with Crippen LogP contribution < -0.4 is 15.8 Å². The van der Waals surface area contributed by atoms with Crippen LogP contribution >= 0.6 is 0 Å². The Morgan fingerprint density at radius 2 is 2.29 bits per heavy atom. The molecule has 110 valence electrons. The highest BCUT2D eigenvalue weighted by molar-refractivity contribution is 6.03. The monoisotopic (exact) mass is 290 g/mol. The van der Waals surface area contributed by atoms with Gasteiger partial charge in [0, 0.05) is 0 Å². The highest BCUT2D eigenvalue weighted by Gasteiger charge is 2.16. The average Bonchev–Trinajstić information content (AvgIpc) is 2.92. The Balaban J connectivity index is 2.13. The van der Waals surface area contributed by atoms with E-state index in [0.717, 1.165) is 0 Å². The number of ether oxygens (including phenoxy) is 1. The summed E-state index contributed by atoms with van der Waals surface area (Å²) in [6.07, 6.45) is 1.20. The molecule has 0 unspecified atom stereocenters. The van der Waals surface area contributed by atoms with Gasteiger partial charge < -0.3 is 25.4 Å². The van der Waals surface area contributed by atoms with E-state index in [9.17, 15) is 4.79 Å². The number of hydrogen-bond acceptors (Lipinski definition) is 6. The van der Waals surface area contributed by atoms with Crippen LogP contribution in [0.3, 0.4) is 0 Å². The van der Waals surface area contributed by atoms with Gasteiger partial charge in [-0.25, -0.2) is 4.98 Å². The van der Waals surface area contributed by atoms with Crippen molar-refractivity contribution in [2.75, 3.05) is 11.9 Å². The third-order valence-electron chi connectivity index (χ3n) is 2.59. The molecule has 0 fully saturated rings. The molecule has 1 aromatic heterocycles. The van der Waals surface area contributed by atoms with Gasteiger partial charge in [-0.3, -0.25) is 4.79 Å². The third-order valence-corrected chi connectivity index (χ3v) is 2.59. The fourth-order valence-corrected chi connectivity index (χ4v) is 1.58. The predicted molar refractivity (Wildman–Crippen MR) is 74.5 cm³/mol. The van der Waals surface area contributed by atoms with Crippen molar-refractivity contribution in [2.24, 2.45) is 10.9 Å². The summed E-state index contributed by atoms with van der Waals surface area (Å²) in [5.74, 6) is -0.0112. The number of amides is 1. The van der Waals surface area contributed by atoms with Crippen LogP contribution in [-0.4, -0.2) is 28.5 Å². The molecule has 8 heteroatoms. The fraction of sp³-hybridized carbons (Fsp3) is 0.154. The van der Waals surface area contributed by atoms with Gasteiger partial charge >= 0.3 is 0 Å². The summed E-state index contributed by atoms with van der Waals surface area (Å²) < 4.78 is 10.4. The Labute approximate surface area is 120 Å². The van der Waals surface area contributed by atoms with Crippen LogP contribution in [0.25, 0.3) is 0 Å². The molecule has 0 radical (unpaired) electrons. The highest BCUT2D eigenvalue weighted by atomic mass is 16.5. The molecule has 2 aromatic rings. The first-order chi connectivity index (χ1) is 10.1. The number of carbonyl (C=O) groups excluding carboxylic acids is 1. The zero-order valence-corrected chi connectivity index (χ0v) is 11.2. The van der Waals surface area contributed by atoms with Crippen molar-refractivity contribution in [2.45, 2.75) is 6.92 Å². The van der Waals surface area contributed by atoms with Gasteiger partial charge in [0.15, 0.2) is 12.2 Å². The molecule has 0 saturated heterocycles. The molecule has 1 aromatic carbocycles. The number of para-hydroxylation sites is 2. The number of amidine groups is 1. The summed E-state index contributed by atoms with van der Waals surface area (Å²) in [5.41, 5.74) is 6.26. The molecule has 1 amide bonds. The molecule has 0 atom stereocenters. The van der Waals surface area contributed by atoms with Crippen molar-refractivity contribution >= 4 is 17.4 Å². The van der Waals surface area contributed by atoms with Crippen molar-refractivity contribution < 1.29 is 19.2 Å². The van der Waals surface area contributed by atoms with Crippen LogP contribution in [0.1, 0.15) is 16.2 Å². The van der Waals surface area contributed by atoms with Gasteiger partial charge in [-0.2, -0.15) is 0 Å². The zero-order chi connectivity index (χ0) is 15.2. The number of anilines is 1. The van der Waals surface area contributed by atoms with Crippen molar-refractivity contribution in [1.82, 2.24) is 4.98 Å². The van der Waals surface area contributed by atoms with Crippen molar-refractivity contribution in [3.63, 3.8) is 0 Å². The van der Waals surface area contributed by atoms with E-state index in [0.29, 0.717) is 17.1 Å². The average molecular weight is 290 g/mol. The maximum absolute atomic E-state index is 12.1. The molecular weight excluding hydrogens is 276 g/mol. The van der Waals surface area contributed by atoms with Gasteiger partial charge in [0.2, 0.25) is 5.76 Å². The maximum atomic E-state index is 12.1. The van der Waals surface area contributed by atoms with Gasteiger partial charge in [-0.05, 0) is 19.1 Å². The molecule has 1 heterocycles. The molecule has 0 aliphatic carbocycles. The SMILES string of the molecule is Cc1ncoc1C(=O)Nc1ccccc1OC/C(N)=N/O. The maximum Gasteiger partial charge on any atom is 0.293 e. The van der Waals surface area contributed by atoms with E-state index < -0.39 is 5.91 Å². The molecule has 21 heavy (non-hydrogen) atoms. The van der Waals surface area contributed by atoms with E-state index >= 15 is 0 Å². The lowest BCUT2D eigenvalue weighted by atomic mass is 10.2. The first-order valence-electron chi connectivity index (χ1n) is 6.01. The number of aryl methyl sites for hydroxylation is 1. The van der Waals surface area contributed by atoms with E-state index in [1.54, 1.807) is 31.2 Å². The molecule has 0 aliphatic rings. The molecule has 4 N–H and O–H groups in total. The predicted octanol–water partition coefficient (Wildman–Crippen LogP) is 1.36. The number of rotatable bonds is 5. The van der Waals surface area contributed by atoms with Gasteiger partial charge in [0.05, 0.1) is 11.4 Å². The van der Waals surface area contributed by atoms with E-state index in [1.807, 2.05) is 0 Å². The van der Waals surface area contributed by atoms with Crippen LogP contribution in [0.2, 0.25) is 0 Å². The summed E-state index contributed by atoms with van der Waals surface area (Å²) in [7, 11) is 0. The smallest absolute Gasteiger partial charge is 0.293 e. The van der Waals surface area contributed by atoms with Gasteiger partial charge in [0.1, 0.15) is 12.4 Å². The normalized spacial score (nSPS) is 11.2. The summed E-state index contributed by atoms with van der Waals surface area (Å²) >= 11 is 0. The number of benzene rings is 1. The van der Waals surface area contributed by atoms with Crippen LogP contribution in [0.4, 0.5) is 5.69 Å². The van der Waals surface area contributed by atoms with Crippen molar-refractivity contribution in [3.05, 3.63) is 42.1 Å². The molecule has 0 saturated carbocycles. The summed E-state index contributed by atoms with van der Waals surface area (Å²) in [6, 6.07) is 6.77.